The minimum absolute atomic E-state index is 0.0342. The summed E-state index contributed by atoms with van der Waals surface area (Å²) in [5.41, 5.74) is 2.26. The van der Waals surface area contributed by atoms with Crippen LogP contribution in [0.25, 0.3) is 0 Å². The van der Waals surface area contributed by atoms with Crippen LogP contribution in [0.3, 0.4) is 0 Å². The fraction of sp³-hybridized carbons (Fsp3) is 0.684. The van der Waals surface area contributed by atoms with Crippen LogP contribution < -0.4 is 0 Å². The molecule has 1 amide bonds. The van der Waals surface area contributed by atoms with Crippen molar-refractivity contribution in [3.63, 3.8) is 0 Å². The lowest BCUT2D eigenvalue weighted by molar-refractivity contribution is 0.0387. The van der Waals surface area contributed by atoms with Crippen LogP contribution in [-0.4, -0.2) is 80.2 Å². The van der Waals surface area contributed by atoms with Crippen LogP contribution in [0.1, 0.15) is 51.4 Å². The Bertz CT molecular complexity index is 639. The number of H-pyrrole nitrogens is 1. The Morgan fingerprint density at radius 3 is 2.62 bits per heavy atom. The molecule has 2 heterocycles. The Hall–Kier alpha value is -1.86. The van der Waals surface area contributed by atoms with Gasteiger partial charge in [0.25, 0.3) is 5.91 Å². The van der Waals surface area contributed by atoms with Gasteiger partial charge < -0.3 is 24.3 Å². The first-order chi connectivity index (χ1) is 12.4. The molecule has 7 nitrogen and oxygen atoms in total. The van der Waals surface area contributed by atoms with Crippen LogP contribution in [0.15, 0.2) is 0 Å². The fourth-order valence-corrected chi connectivity index (χ4v) is 3.58. The molecule has 0 saturated carbocycles. The summed E-state index contributed by atoms with van der Waals surface area (Å²) in [5, 5.41) is 0. The van der Waals surface area contributed by atoms with E-state index in [1.807, 2.05) is 19.0 Å². The van der Waals surface area contributed by atoms with Gasteiger partial charge in [0.1, 0.15) is 12.3 Å². The molecule has 146 valence electrons. The third-order valence-electron chi connectivity index (χ3n) is 4.84. The zero-order valence-electron chi connectivity index (χ0n) is 16.6. The first kappa shape index (κ1) is 20.5. The zero-order chi connectivity index (χ0) is 19.3. The molecule has 1 unspecified atom stereocenters. The number of aryl methyl sites for hydroxylation is 1. The number of aromatic amines is 1. The molecule has 0 aromatic carbocycles. The normalized spacial score (nSPS) is 17.6. The summed E-state index contributed by atoms with van der Waals surface area (Å²) in [5.74, 6) is -0.455. The second-order valence-corrected chi connectivity index (χ2v) is 7.16. The van der Waals surface area contributed by atoms with Crippen molar-refractivity contribution in [2.45, 2.75) is 39.2 Å². The Morgan fingerprint density at radius 1 is 1.23 bits per heavy atom. The van der Waals surface area contributed by atoms with Crippen molar-refractivity contribution < 1.29 is 19.1 Å². The van der Waals surface area contributed by atoms with E-state index in [-0.39, 0.29) is 18.6 Å². The Labute approximate surface area is 155 Å². The highest BCUT2D eigenvalue weighted by Crippen LogP contribution is 2.24. The van der Waals surface area contributed by atoms with Crippen molar-refractivity contribution in [2.75, 3.05) is 47.5 Å². The van der Waals surface area contributed by atoms with Gasteiger partial charge >= 0.3 is 5.97 Å². The Balaban J connectivity index is 2.20. The number of amides is 1. The monoisotopic (exact) mass is 365 g/mol. The molecule has 1 aromatic rings. The second-order valence-electron chi connectivity index (χ2n) is 7.16. The average molecular weight is 365 g/mol. The van der Waals surface area contributed by atoms with Gasteiger partial charge in [0.15, 0.2) is 0 Å². The second kappa shape index (κ2) is 9.19. The molecular weight excluding hydrogens is 334 g/mol. The van der Waals surface area contributed by atoms with Crippen molar-refractivity contribution in [3.8, 4) is 0 Å². The van der Waals surface area contributed by atoms with Gasteiger partial charge in [0.05, 0.1) is 12.2 Å². The van der Waals surface area contributed by atoms with E-state index in [0.29, 0.717) is 29.1 Å². The highest BCUT2D eigenvalue weighted by Gasteiger charge is 2.31. The van der Waals surface area contributed by atoms with Gasteiger partial charge in [-0.05, 0) is 52.8 Å². The molecule has 1 atom stereocenters. The molecule has 1 saturated heterocycles. The molecule has 1 fully saturated rings. The van der Waals surface area contributed by atoms with Crippen molar-refractivity contribution in [3.05, 3.63) is 22.5 Å². The summed E-state index contributed by atoms with van der Waals surface area (Å²) in [6.07, 6.45) is 3.16. The molecular formula is C19H31N3O4. The third kappa shape index (κ3) is 4.65. The Morgan fingerprint density at radius 2 is 1.96 bits per heavy atom. The van der Waals surface area contributed by atoms with Crippen molar-refractivity contribution in [1.29, 1.82) is 0 Å². The van der Waals surface area contributed by atoms with Gasteiger partial charge in [-0.2, -0.15) is 0 Å². The molecule has 7 heteroatoms. The fourth-order valence-electron chi connectivity index (χ4n) is 3.58. The van der Waals surface area contributed by atoms with Crippen LogP contribution in [0.4, 0.5) is 0 Å². The van der Waals surface area contributed by atoms with Crippen LogP contribution in [0, 0.1) is 13.8 Å². The summed E-state index contributed by atoms with van der Waals surface area (Å²) in [6, 6.07) is 0.200. The first-order valence-electron chi connectivity index (χ1n) is 9.17. The number of ether oxygens (including phenoxy) is 2. The lowest BCUT2D eigenvalue weighted by atomic mass is 10.0. The molecule has 26 heavy (non-hydrogen) atoms. The van der Waals surface area contributed by atoms with Gasteiger partial charge in [0, 0.05) is 31.9 Å². The average Bonchev–Trinajstić information content (AvgIpc) is 2.89. The molecule has 1 N–H and O–H groups in total. The molecule has 1 aromatic heterocycles. The maximum Gasteiger partial charge on any atom is 0.340 e. The molecule has 1 aliphatic heterocycles. The van der Waals surface area contributed by atoms with Gasteiger partial charge in [-0.1, -0.05) is 0 Å². The number of likely N-dealkylation sites (tertiary alicyclic amines) is 1. The van der Waals surface area contributed by atoms with Gasteiger partial charge in [-0.25, -0.2) is 4.79 Å². The number of carbonyl (C=O) groups is 2. The number of likely N-dealkylation sites (N-methyl/N-ethyl adjacent to an activating group) is 1. The van der Waals surface area contributed by atoms with Crippen molar-refractivity contribution >= 4 is 11.9 Å². The van der Waals surface area contributed by atoms with Gasteiger partial charge in [-0.15, -0.1) is 0 Å². The summed E-state index contributed by atoms with van der Waals surface area (Å²) in [4.78, 5) is 32.7. The summed E-state index contributed by atoms with van der Waals surface area (Å²) < 4.78 is 10.1. The standard InChI is InChI=1S/C19H31N3O4/c1-13-16(19(24)26-11-10-25-5)14(2)20-17(13)18(23)22-9-7-6-8-15(22)12-21(3)4/h15,20H,6-12H2,1-5H3. The number of aromatic nitrogens is 1. The van der Waals surface area contributed by atoms with E-state index < -0.39 is 5.97 Å². The number of methoxy groups -OCH3 is 1. The van der Waals surface area contributed by atoms with Crippen LogP contribution in [-0.2, 0) is 9.47 Å². The predicted octanol–water partition coefficient (Wildman–Crippen LogP) is 1.99. The van der Waals surface area contributed by atoms with Crippen LogP contribution >= 0.6 is 0 Å². The minimum atomic E-state index is -0.421. The maximum atomic E-state index is 13.2. The smallest absolute Gasteiger partial charge is 0.340 e. The highest BCUT2D eigenvalue weighted by atomic mass is 16.6. The largest absolute Gasteiger partial charge is 0.460 e. The molecule has 0 spiro atoms. The van der Waals surface area contributed by atoms with Crippen molar-refractivity contribution in [1.82, 2.24) is 14.8 Å². The number of nitrogens with one attached hydrogen (secondary N) is 1. The van der Waals surface area contributed by atoms with E-state index >= 15 is 0 Å². The molecule has 0 radical (unpaired) electrons. The summed E-state index contributed by atoms with van der Waals surface area (Å²) in [6.45, 7) is 5.73. The molecule has 1 aliphatic rings. The lowest BCUT2D eigenvalue weighted by Crippen LogP contribution is -2.48. The van der Waals surface area contributed by atoms with E-state index in [1.54, 1.807) is 21.0 Å². The van der Waals surface area contributed by atoms with Crippen molar-refractivity contribution in [2.24, 2.45) is 0 Å². The molecule has 0 bridgehead atoms. The number of piperidine rings is 1. The predicted molar refractivity (Wildman–Crippen MR) is 99.7 cm³/mol. The lowest BCUT2D eigenvalue weighted by Gasteiger charge is -2.37. The maximum absolute atomic E-state index is 13.2. The van der Waals surface area contributed by atoms with E-state index in [0.717, 1.165) is 32.4 Å². The number of esters is 1. The molecule has 0 aliphatic carbocycles. The van der Waals surface area contributed by atoms with Crippen LogP contribution in [0.2, 0.25) is 0 Å². The number of rotatable bonds is 7. The number of carbonyl (C=O) groups excluding carboxylic acids is 2. The van der Waals surface area contributed by atoms with E-state index in [1.165, 1.54) is 0 Å². The SMILES string of the molecule is COCCOC(=O)c1c(C)[nH]c(C(=O)N2CCCCC2CN(C)C)c1C. The summed E-state index contributed by atoms with van der Waals surface area (Å²) >= 11 is 0. The number of hydrogen-bond donors (Lipinski definition) is 1. The minimum Gasteiger partial charge on any atom is -0.460 e. The van der Waals surface area contributed by atoms with E-state index in [9.17, 15) is 9.59 Å². The first-order valence-corrected chi connectivity index (χ1v) is 9.17. The van der Waals surface area contributed by atoms with E-state index in [2.05, 4.69) is 9.88 Å². The van der Waals surface area contributed by atoms with E-state index in [4.69, 9.17) is 9.47 Å². The van der Waals surface area contributed by atoms with Gasteiger partial charge in [-0.3, -0.25) is 4.79 Å². The van der Waals surface area contributed by atoms with Gasteiger partial charge in [0.2, 0.25) is 0 Å². The zero-order valence-corrected chi connectivity index (χ0v) is 16.6. The third-order valence-corrected chi connectivity index (χ3v) is 4.84. The number of hydrogen-bond acceptors (Lipinski definition) is 5. The quantitative estimate of drug-likeness (QED) is 0.591. The topological polar surface area (TPSA) is 74.9 Å². The molecule has 2 rings (SSSR count). The highest BCUT2D eigenvalue weighted by molar-refractivity contribution is 6.00. The number of nitrogens with zero attached hydrogens (tertiary/aromatic N) is 2. The Kier molecular flexibility index (Phi) is 7.23. The summed E-state index contributed by atoms with van der Waals surface area (Å²) in [7, 11) is 5.60. The van der Waals surface area contributed by atoms with Crippen LogP contribution in [0.5, 0.6) is 0 Å².